The van der Waals surface area contributed by atoms with Gasteiger partial charge in [0.15, 0.2) is 0 Å². The molecule has 2 saturated carbocycles. The van der Waals surface area contributed by atoms with E-state index in [0.717, 1.165) is 49.4 Å². The molecule has 1 atom stereocenters. The predicted octanol–water partition coefficient (Wildman–Crippen LogP) is 4.48. The number of nitrogens with zero attached hydrogens (tertiary/aromatic N) is 5. The number of hydrogen-bond donors (Lipinski definition) is 1. The van der Waals surface area contributed by atoms with Gasteiger partial charge in [0.1, 0.15) is 22.8 Å². The summed E-state index contributed by atoms with van der Waals surface area (Å²) in [5, 5.41) is 9.88. The van der Waals surface area contributed by atoms with Crippen LogP contribution in [0.2, 0.25) is 0 Å². The summed E-state index contributed by atoms with van der Waals surface area (Å²) in [5.74, 6) is -0.189. The zero-order valence-electron chi connectivity index (χ0n) is 17.6. The van der Waals surface area contributed by atoms with Crippen LogP contribution in [0.3, 0.4) is 0 Å². The molecule has 1 spiro atoms. The van der Waals surface area contributed by atoms with Crippen molar-refractivity contribution in [2.24, 2.45) is 5.10 Å². The Morgan fingerprint density at radius 2 is 1.94 bits per heavy atom. The number of fused-ring (bicyclic) bond motifs is 4. The average molecular weight is 472 g/mol. The molecule has 8 nitrogen and oxygen atoms in total. The Balaban J connectivity index is 1.45. The molecular weight excluding hydrogens is 450 g/mol. The first-order chi connectivity index (χ1) is 16.0. The van der Waals surface area contributed by atoms with Crippen molar-refractivity contribution in [1.29, 1.82) is 0 Å². The van der Waals surface area contributed by atoms with E-state index < -0.39 is 27.3 Å². The minimum Gasteiger partial charge on any atom is -0.768 e. The summed E-state index contributed by atoms with van der Waals surface area (Å²) in [4.78, 5) is 8.61. The fourth-order valence-electron chi connectivity index (χ4n) is 4.95. The standard InChI is InChI=1S/C22H22F2N6O2S/c23-16-11-14(4-7-17(16)33(31)32)26-21-25-12-13-10-18-29(19(13)27-21)22(8-2-1-3-9-22)20(24)28-30(18)15-5-6-15/h4,7,10-12,15H,1-3,5-6,8-9H2,(H,31,32)(H,25,26,27)/p-1. The molecule has 6 rings (SSSR count). The van der Waals surface area contributed by atoms with Crippen molar-refractivity contribution in [3.63, 3.8) is 0 Å². The third-order valence-electron chi connectivity index (χ3n) is 6.70. The SMILES string of the molecule is O=S([O-])c1ccc(Nc2ncc3cc4n(c3n2)C2(CCCCC2)C(F)=NN4C2CC2)cc1F. The number of rotatable bonds is 4. The van der Waals surface area contributed by atoms with Gasteiger partial charge in [-0.25, -0.2) is 14.4 Å². The number of hydrazone groups is 1. The van der Waals surface area contributed by atoms with Crippen LogP contribution in [0.5, 0.6) is 0 Å². The summed E-state index contributed by atoms with van der Waals surface area (Å²) in [6.07, 6.45) is 7.80. The second kappa shape index (κ2) is 7.56. The quantitative estimate of drug-likeness (QED) is 0.564. The summed E-state index contributed by atoms with van der Waals surface area (Å²) >= 11 is -2.66. The Morgan fingerprint density at radius 1 is 1.15 bits per heavy atom. The third-order valence-corrected chi connectivity index (χ3v) is 7.39. The molecule has 33 heavy (non-hydrogen) atoms. The maximum Gasteiger partial charge on any atom is 0.234 e. The number of halogens is 2. The number of hydrogen-bond acceptors (Lipinski definition) is 7. The molecule has 1 N–H and O–H groups in total. The van der Waals surface area contributed by atoms with Gasteiger partial charge in [-0.05, 0) is 61.0 Å². The van der Waals surface area contributed by atoms with E-state index in [4.69, 9.17) is 0 Å². The Kier molecular flexibility index (Phi) is 4.73. The molecule has 2 fully saturated rings. The number of benzene rings is 1. The first-order valence-corrected chi connectivity index (χ1v) is 12.1. The lowest BCUT2D eigenvalue weighted by molar-refractivity contribution is 0.262. The van der Waals surface area contributed by atoms with Crippen LogP contribution >= 0.6 is 0 Å². The zero-order chi connectivity index (χ0) is 22.7. The van der Waals surface area contributed by atoms with Crippen LogP contribution < -0.4 is 10.3 Å². The van der Waals surface area contributed by atoms with Gasteiger partial charge in [-0.15, -0.1) is 5.10 Å². The number of nitrogens with one attached hydrogen (secondary N) is 1. The predicted molar refractivity (Wildman–Crippen MR) is 119 cm³/mol. The van der Waals surface area contributed by atoms with Crippen molar-refractivity contribution in [2.45, 2.75) is 61.4 Å². The first kappa shape index (κ1) is 20.7. The molecule has 0 saturated heterocycles. The fourth-order valence-corrected chi connectivity index (χ4v) is 5.35. The molecule has 3 aromatic rings. The second-order valence-corrected chi connectivity index (χ2v) is 9.78. The highest BCUT2D eigenvalue weighted by atomic mass is 32.2. The van der Waals surface area contributed by atoms with Gasteiger partial charge in [0.2, 0.25) is 11.9 Å². The highest BCUT2D eigenvalue weighted by Gasteiger charge is 2.48. The van der Waals surface area contributed by atoms with Gasteiger partial charge in [-0.3, -0.25) is 8.78 Å². The summed E-state index contributed by atoms with van der Waals surface area (Å²) in [6.45, 7) is 0. The highest BCUT2D eigenvalue weighted by Crippen LogP contribution is 2.48. The van der Waals surface area contributed by atoms with Crippen LogP contribution in [0.4, 0.5) is 26.2 Å². The van der Waals surface area contributed by atoms with E-state index in [0.29, 0.717) is 24.2 Å². The molecule has 2 aliphatic carbocycles. The van der Waals surface area contributed by atoms with Crippen LogP contribution in [0.1, 0.15) is 44.9 Å². The van der Waals surface area contributed by atoms with E-state index in [2.05, 4.69) is 20.4 Å². The van der Waals surface area contributed by atoms with Gasteiger partial charge in [0.25, 0.3) is 0 Å². The lowest BCUT2D eigenvalue weighted by Gasteiger charge is -2.42. The van der Waals surface area contributed by atoms with E-state index in [-0.39, 0.29) is 18.0 Å². The topological polar surface area (TPSA) is 98.5 Å². The van der Waals surface area contributed by atoms with Crippen LogP contribution in [-0.4, -0.2) is 35.3 Å². The molecule has 1 unspecified atom stereocenters. The lowest BCUT2D eigenvalue weighted by atomic mass is 9.81. The van der Waals surface area contributed by atoms with Gasteiger partial charge in [0.05, 0.1) is 10.9 Å². The van der Waals surface area contributed by atoms with E-state index >= 15 is 4.39 Å². The van der Waals surface area contributed by atoms with E-state index in [9.17, 15) is 13.2 Å². The normalized spacial score (nSPS) is 20.6. The summed E-state index contributed by atoms with van der Waals surface area (Å²) in [5.41, 5.74) is 0.0576. The van der Waals surface area contributed by atoms with Crippen LogP contribution in [0.15, 0.2) is 40.5 Å². The Hall–Kier alpha value is -2.92. The molecule has 0 radical (unpaired) electrons. The second-order valence-electron chi connectivity index (χ2n) is 8.87. The maximum atomic E-state index is 15.6. The minimum atomic E-state index is -2.66. The van der Waals surface area contributed by atoms with Crippen molar-refractivity contribution in [1.82, 2.24) is 14.5 Å². The first-order valence-electron chi connectivity index (χ1n) is 11.0. The van der Waals surface area contributed by atoms with Crippen molar-refractivity contribution in [3.05, 3.63) is 36.3 Å². The Morgan fingerprint density at radius 3 is 2.64 bits per heavy atom. The van der Waals surface area contributed by atoms with Crippen molar-refractivity contribution in [3.8, 4) is 0 Å². The van der Waals surface area contributed by atoms with Gasteiger partial charge in [0, 0.05) is 17.3 Å². The summed E-state index contributed by atoms with van der Waals surface area (Å²) < 4.78 is 53.8. The molecule has 3 heterocycles. The Bertz CT molecular complexity index is 1320. The smallest absolute Gasteiger partial charge is 0.234 e. The molecule has 1 aromatic carbocycles. The van der Waals surface area contributed by atoms with Gasteiger partial charge >= 0.3 is 0 Å². The van der Waals surface area contributed by atoms with E-state index in [1.54, 1.807) is 11.2 Å². The minimum absolute atomic E-state index is 0.193. The largest absolute Gasteiger partial charge is 0.768 e. The molecule has 172 valence electrons. The molecule has 2 aromatic heterocycles. The van der Waals surface area contributed by atoms with Gasteiger partial charge < -0.3 is 9.87 Å². The van der Waals surface area contributed by atoms with E-state index in [1.807, 2.05) is 10.6 Å². The monoisotopic (exact) mass is 471 g/mol. The Labute approximate surface area is 191 Å². The van der Waals surface area contributed by atoms with Crippen LogP contribution in [0, 0.1) is 5.82 Å². The van der Waals surface area contributed by atoms with Gasteiger partial charge in [-0.1, -0.05) is 19.3 Å². The van der Waals surface area contributed by atoms with E-state index in [1.165, 1.54) is 12.1 Å². The third kappa shape index (κ3) is 3.33. The molecule has 11 heteroatoms. The number of aromatic nitrogens is 3. The van der Waals surface area contributed by atoms with Crippen molar-refractivity contribution < 1.29 is 17.5 Å². The summed E-state index contributed by atoms with van der Waals surface area (Å²) in [6, 6.07) is 5.85. The molecule has 1 aliphatic heterocycles. The lowest BCUT2D eigenvalue weighted by Crippen LogP contribution is -2.48. The van der Waals surface area contributed by atoms with Crippen LogP contribution in [0.25, 0.3) is 11.0 Å². The summed E-state index contributed by atoms with van der Waals surface area (Å²) in [7, 11) is 0. The highest BCUT2D eigenvalue weighted by molar-refractivity contribution is 7.79. The molecule has 3 aliphatic rings. The number of anilines is 3. The maximum absolute atomic E-state index is 15.6. The molecular formula is C22H21F2N6O2S-. The van der Waals surface area contributed by atoms with Crippen LogP contribution in [-0.2, 0) is 16.6 Å². The molecule has 0 amide bonds. The van der Waals surface area contributed by atoms with Crippen molar-refractivity contribution in [2.75, 3.05) is 10.3 Å². The average Bonchev–Trinajstić information content (AvgIpc) is 3.57. The fraction of sp³-hybridized carbons (Fsp3) is 0.409. The van der Waals surface area contributed by atoms with Gasteiger partial charge in [-0.2, -0.15) is 9.37 Å². The van der Waals surface area contributed by atoms with Crippen molar-refractivity contribution >= 4 is 45.5 Å². The molecule has 0 bridgehead atoms. The zero-order valence-corrected chi connectivity index (χ0v) is 18.4.